The highest BCUT2D eigenvalue weighted by molar-refractivity contribution is 7.92. The van der Waals surface area contributed by atoms with Gasteiger partial charge in [0.15, 0.2) is 11.5 Å². The number of rotatable bonds is 10. The highest BCUT2D eigenvalue weighted by atomic mass is 35.5. The molecule has 2 amide bonds. The zero-order valence-corrected chi connectivity index (χ0v) is 21.6. The van der Waals surface area contributed by atoms with Crippen LogP contribution in [0.5, 0.6) is 11.5 Å². The van der Waals surface area contributed by atoms with E-state index in [1.165, 1.54) is 11.0 Å². The summed E-state index contributed by atoms with van der Waals surface area (Å²) in [6.45, 7) is 4.38. The van der Waals surface area contributed by atoms with Crippen LogP contribution in [0.4, 0.5) is 5.69 Å². The number of halogens is 1. The number of nitrogens with zero attached hydrogens (tertiary/aromatic N) is 2. The van der Waals surface area contributed by atoms with Crippen LogP contribution in [-0.4, -0.2) is 63.7 Å². The number of carbonyl (C=O) groups excluding carboxylic acids is 2. The molecular weight excluding hydrogens is 494 g/mol. The van der Waals surface area contributed by atoms with Gasteiger partial charge in [-0.1, -0.05) is 30.7 Å². The molecule has 3 rings (SSSR count). The molecule has 1 N–H and O–H groups in total. The van der Waals surface area contributed by atoms with E-state index in [2.05, 4.69) is 5.32 Å². The van der Waals surface area contributed by atoms with Gasteiger partial charge in [0, 0.05) is 24.2 Å². The lowest BCUT2D eigenvalue weighted by Gasteiger charge is -2.33. The number of anilines is 1. The Morgan fingerprint density at radius 2 is 1.71 bits per heavy atom. The molecule has 0 unspecified atom stereocenters. The molecule has 0 aliphatic carbocycles. The highest BCUT2D eigenvalue weighted by Gasteiger charge is 2.32. The number of amides is 2. The standard InChI is InChI=1S/C24H30ClN3O6S/c1-4-20(24(30)26-5-2)27(15-17-6-8-18(25)9-7-17)23(29)16-28(35(3,31)32)19-10-11-21-22(14-19)34-13-12-33-21/h6-11,14,20H,4-5,12-13,15-16H2,1-3H3,(H,26,30)/t20-/m1/s1. The Labute approximate surface area is 211 Å². The molecule has 0 spiro atoms. The fourth-order valence-electron chi connectivity index (χ4n) is 3.80. The molecule has 0 aromatic heterocycles. The second kappa shape index (κ2) is 11.6. The maximum absolute atomic E-state index is 13.6. The topological polar surface area (TPSA) is 105 Å². The first kappa shape index (κ1) is 26.6. The molecule has 35 heavy (non-hydrogen) atoms. The Balaban J connectivity index is 1.94. The Hall–Kier alpha value is -2.98. The van der Waals surface area contributed by atoms with E-state index in [1.807, 2.05) is 0 Å². The van der Waals surface area contributed by atoms with E-state index in [-0.39, 0.29) is 18.1 Å². The van der Waals surface area contributed by atoms with Gasteiger partial charge in [-0.15, -0.1) is 0 Å². The Bertz CT molecular complexity index is 1160. The van der Waals surface area contributed by atoms with Crippen LogP contribution in [0, 0.1) is 0 Å². The molecule has 0 saturated carbocycles. The van der Waals surface area contributed by atoms with Crippen LogP contribution in [0.2, 0.25) is 5.02 Å². The van der Waals surface area contributed by atoms with Crippen molar-refractivity contribution in [3.63, 3.8) is 0 Å². The fraction of sp³-hybridized carbons (Fsp3) is 0.417. The quantitative estimate of drug-likeness (QED) is 0.513. The van der Waals surface area contributed by atoms with Crippen molar-refractivity contribution >= 4 is 39.1 Å². The monoisotopic (exact) mass is 523 g/mol. The number of fused-ring (bicyclic) bond motifs is 1. The lowest BCUT2D eigenvalue weighted by Crippen LogP contribution is -2.52. The Morgan fingerprint density at radius 3 is 2.31 bits per heavy atom. The van der Waals surface area contributed by atoms with Crippen molar-refractivity contribution in [3.05, 3.63) is 53.1 Å². The largest absolute Gasteiger partial charge is 0.486 e. The van der Waals surface area contributed by atoms with Gasteiger partial charge in [0.1, 0.15) is 25.8 Å². The lowest BCUT2D eigenvalue weighted by molar-refractivity contribution is -0.140. The Kier molecular flexibility index (Phi) is 8.85. The van der Waals surface area contributed by atoms with Crippen molar-refractivity contribution in [1.29, 1.82) is 0 Å². The van der Waals surface area contributed by atoms with Crippen molar-refractivity contribution in [2.45, 2.75) is 32.9 Å². The van der Waals surface area contributed by atoms with E-state index >= 15 is 0 Å². The van der Waals surface area contributed by atoms with E-state index < -0.39 is 28.5 Å². The third-order valence-electron chi connectivity index (χ3n) is 5.50. The van der Waals surface area contributed by atoms with Gasteiger partial charge in [0.2, 0.25) is 21.8 Å². The zero-order valence-electron chi connectivity index (χ0n) is 20.0. The molecule has 11 heteroatoms. The average Bonchev–Trinajstić information content (AvgIpc) is 2.82. The smallest absolute Gasteiger partial charge is 0.244 e. The van der Waals surface area contributed by atoms with E-state index in [1.54, 1.807) is 50.2 Å². The highest BCUT2D eigenvalue weighted by Crippen LogP contribution is 2.34. The molecule has 1 aliphatic heterocycles. The summed E-state index contributed by atoms with van der Waals surface area (Å²) < 4.78 is 37.5. The van der Waals surface area contributed by atoms with Gasteiger partial charge in [-0.05, 0) is 43.2 Å². The summed E-state index contributed by atoms with van der Waals surface area (Å²) >= 11 is 5.99. The van der Waals surface area contributed by atoms with Crippen LogP contribution in [0.1, 0.15) is 25.8 Å². The zero-order chi connectivity index (χ0) is 25.6. The van der Waals surface area contributed by atoms with Crippen molar-refractivity contribution < 1.29 is 27.5 Å². The number of nitrogens with one attached hydrogen (secondary N) is 1. The van der Waals surface area contributed by atoms with Crippen LogP contribution in [-0.2, 0) is 26.2 Å². The summed E-state index contributed by atoms with van der Waals surface area (Å²) in [7, 11) is -3.84. The molecule has 2 aromatic rings. The van der Waals surface area contributed by atoms with E-state index in [9.17, 15) is 18.0 Å². The van der Waals surface area contributed by atoms with Crippen LogP contribution in [0.25, 0.3) is 0 Å². The minimum Gasteiger partial charge on any atom is -0.486 e. The van der Waals surface area contributed by atoms with Crippen molar-refractivity contribution in [1.82, 2.24) is 10.2 Å². The van der Waals surface area contributed by atoms with E-state index in [4.69, 9.17) is 21.1 Å². The minimum atomic E-state index is -3.84. The summed E-state index contributed by atoms with van der Waals surface area (Å²) in [5.41, 5.74) is 1.03. The third kappa shape index (κ3) is 6.79. The van der Waals surface area contributed by atoms with Crippen LogP contribution < -0.4 is 19.1 Å². The summed E-state index contributed by atoms with van der Waals surface area (Å²) in [4.78, 5) is 27.8. The normalized spacial score (nSPS) is 13.6. The molecule has 0 radical (unpaired) electrons. The molecule has 1 heterocycles. The Morgan fingerprint density at radius 1 is 1.06 bits per heavy atom. The number of hydrogen-bond acceptors (Lipinski definition) is 6. The predicted octanol–water partition coefficient (Wildman–Crippen LogP) is 2.82. The van der Waals surface area contributed by atoms with Gasteiger partial charge in [-0.25, -0.2) is 8.42 Å². The van der Waals surface area contributed by atoms with Crippen LogP contribution >= 0.6 is 11.6 Å². The predicted molar refractivity (Wildman–Crippen MR) is 134 cm³/mol. The van der Waals surface area contributed by atoms with Gasteiger partial charge in [0.05, 0.1) is 11.9 Å². The molecule has 1 aliphatic rings. The van der Waals surface area contributed by atoms with Gasteiger partial charge in [-0.3, -0.25) is 13.9 Å². The minimum absolute atomic E-state index is 0.115. The van der Waals surface area contributed by atoms with Gasteiger partial charge in [0.25, 0.3) is 0 Å². The van der Waals surface area contributed by atoms with Gasteiger partial charge >= 0.3 is 0 Å². The molecular formula is C24H30ClN3O6S. The molecule has 0 bridgehead atoms. The first-order valence-corrected chi connectivity index (χ1v) is 13.6. The van der Waals surface area contributed by atoms with Crippen molar-refractivity contribution in [2.24, 2.45) is 0 Å². The summed E-state index contributed by atoms with van der Waals surface area (Å²) in [6, 6.07) is 10.9. The van der Waals surface area contributed by atoms with Crippen molar-refractivity contribution in [3.8, 4) is 11.5 Å². The molecule has 190 valence electrons. The molecule has 0 fully saturated rings. The first-order chi connectivity index (χ1) is 16.6. The third-order valence-corrected chi connectivity index (χ3v) is 6.89. The van der Waals surface area contributed by atoms with Crippen LogP contribution in [0.15, 0.2) is 42.5 Å². The number of benzene rings is 2. The van der Waals surface area contributed by atoms with E-state index in [0.717, 1.165) is 16.1 Å². The fourth-order valence-corrected chi connectivity index (χ4v) is 4.77. The number of carbonyl (C=O) groups is 2. The number of ether oxygens (including phenoxy) is 2. The molecule has 0 saturated heterocycles. The second-order valence-electron chi connectivity index (χ2n) is 8.06. The van der Waals surface area contributed by atoms with Gasteiger partial charge in [-0.2, -0.15) is 0 Å². The summed E-state index contributed by atoms with van der Waals surface area (Å²) in [5, 5.41) is 3.31. The van der Waals surface area contributed by atoms with Crippen LogP contribution in [0.3, 0.4) is 0 Å². The first-order valence-electron chi connectivity index (χ1n) is 11.3. The molecule has 2 aromatic carbocycles. The SMILES string of the molecule is CCNC(=O)[C@@H](CC)N(Cc1ccc(Cl)cc1)C(=O)CN(c1ccc2c(c1)OCCO2)S(C)(=O)=O. The second-order valence-corrected chi connectivity index (χ2v) is 10.4. The molecule has 1 atom stereocenters. The van der Waals surface area contributed by atoms with Gasteiger partial charge < -0.3 is 19.7 Å². The maximum atomic E-state index is 13.6. The number of likely N-dealkylation sites (N-methyl/N-ethyl adjacent to an activating group) is 1. The summed E-state index contributed by atoms with van der Waals surface area (Å²) in [6.07, 6.45) is 1.38. The lowest BCUT2D eigenvalue weighted by atomic mass is 10.1. The average molecular weight is 524 g/mol. The van der Waals surface area contributed by atoms with E-state index in [0.29, 0.717) is 42.7 Å². The van der Waals surface area contributed by atoms with Crippen molar-refractivity contribution in [2.75, 3.05) is 36.9 Å². The number of sulfonamides is 1. The molecule has 9 nitrogen and oxygen atoms in total. The maximum Gasteiger partial charge on any atom is 0.244 e. The number of hydrogen-bond donors (Lipinski definition) is 1. The summed E-state index contributed by atoms with van der Waals surface area (Å²) in [5.74, 6) is 0.0916.